The summed E-state index contributed by atoms with van der Waals surface area (Å²) in [6.07, 6.45) is 9.79. The van der Waals surface area contributed by atoms with Crippen molar-refractivity contribution in [1.29, 1.82) is 0 Å². The third-order valence-electron chi connectivity index (χ3n) is 3.17. The number of hydrogen-bond donors (Lipinski definition) is 1. The minimum Gasteiger partial charge on any atom is -0.482 e. The van der Waals surface area contributed by atoms with Gasteiger partial charge in [-0.25, -0.2) is 0 Å². The molecule has 2 heterocycles. The Morgan fingerprint density at radius 3 is 2.82 bits per heavy atom. The lowest BCUT2D eigenvalue weighted by atomic mass is 10.1. The van der Waals surface area contributed by atoms with Gasteiger partial charge in [0, 0.05) is 24.2 Å². The van der Waals surface area contributed by atoms with Gasteiger partial charge in [-0.2, -0.15) is 0 Å². The predicted octanol–water partition coefficient (Wildman–Crippen LogP) is 3.46. The number of H-pyrrole nitrogens is 1. The highest BCUT2D eigenvalue weighted by Gasteiger charge is 2.08. The van der Waals surface area contributed by atoms with Gasteiger partial charge in [-0.1, -0.05) is 23.8 Å². The smallest absolute Gasteiger partial charge is 0.198 e. The van der Waals surface area contributed by atoms with Gasteiger partial charge in [0.2, 0.25) is 0 Å². The van der Waals surface area contributed by atoms with Crippen molar-refractivity contribution < 1.29 is 4.74 Å². The molecule has 0 atom stereocenters. The van der Waals surface area contributed by atoms with Gasteiger partial charge in [0.25, 0.3) is 0 Å². The second-order valence-electron chi connectivity index (χ2n) is 5.21. The van der Waals surface area contributed by atoms with Crippen molar-refractivity contribution in [2.45, 2.75) is 20.3 Å². The van der Waals surface area contributed by atoms with Crippen LogP contribution in [0.15, 0.2) is 47.0 Å². The molecule has 0 saturated carbocycles. The summed E-state index contributed by atoms with van der Waals surface area (Å²) in [5.74, 6) is 0.510. The van der Waals surface area contributed by atoms with Crippen LogP contribution in [0.3, 0.4) is 0 Å². The number of nitrogens with zero attached hydrogens (tertiary/aromatic N) is 1. The Kier molecular flexibility index (Phi) is 5.31. The summed E-state index contributed by atoms with van der Waals surface area (Å²) in [5, 5.41) is 0. The highest BCUT2D eigenvalue weighted by atomic mass is 16.5. The van der Waals surface area contributed by atoms with E-state index in [0.29, 0.717) is 23.6 Å². The molecule has 0 spiro atoms. The molecule has 0 aromatic carbocycles. The number of hydrogen-bond acceptors (Lipinski definition) is 3. The third-order valence-corrected chi connectivity index (χ3v) is 3.17. The molecule has 0 saturated heterocycles. The molecule has 2 aromatic rings. The van der Waals surface area contributed by atoms with Gasteiger partial charge in [-0.15, -0.1) is 0 Å². The molecule has 114 valence electrons. The maximum Gasteiger partial charge on any atom is 0.198 e. The molecule has 0 radical (unpaired) electrons. The summed E-state index contributed by atoms with van der Waals surface area (Å²) in [6.45, 7) is 4.01. The Bertz CT molecular complexity index is 739. The molecule has 1 N–H and O–H groups in total. The summed E-state index contributed by atoms with van der Waals surface area (Å²) < 4.78 is 5.32. The second kappa shape index (κ2) is 7.41. The van der Waals surface area contributed by atoms with Crippen LogP contribution in [0.25, 0.3) is 12.2 Å². The monoisotopic (exact) mass is 296 g/mol. The van der Waals surface area contributed by atoms with Crippen molar-refractivity contribution in [1.82, 2.24) is 9.97 Å². The lowest BCUT2D eigenvalue weighted by Gasteiger charge is -2.07. The summed E-state index contributed by atoms with van der Waals surface area (Å²) in [7, 11) is 1.56. The summed E-state index contributed by atoms with van der Waals surface area (Å²) >= 11 is 0. The van der Waals surface area contributed by atoms with Crippen LogP contribution in [-0.4, -0.2) is 17.1 Å². The Morgan fingerprint density at radius 2 is 2.18 bits per heavy atom. The number of ether oxygens (including phenoxy) is 1. The number of allylic oxidation sites excluding steroid dienone is 2. The molecule has 4 heteroatoms. The Balaban J connectivity index is 2.32. The van der Waals surface area contributed by atoms with E-state index >= 15 is 0 Å². The van der Waals surface area contributed by atoms with Crippen molar-refractivity contribution >= 4 is 12.2 Å². The van der Waals surface area contributed by atoms with E-state index < -0.39 is 0 Å². The first kappa shape index (κ1) is 15.8. The molecular formula is C18H20N2O2. The molecule has 2 rings (SSSR count). The first-order valence-corrected chi connectivity index (χ1v) is 7.12. The van der Waals surface area contributed by atoms with Crippen LogP contribution in [-0.2, 0) is 6.42 Å². The minimum absolute atomic E-state index is 0.0288. The number of pyridine rings is 2. The fourth-order valence-electron chi connectivity index (χ4n) is 2.01. The zero-order chi connectivity index (χ0) is 15.9. The average molecular weight is 296 g/mol. The zero-order valence-electron chi connectivity index (χ0n) is 13.1. The van der Waals surface area contributed by atoms with Gasteiger partial charge in [0.05, 0.1) is 12.7 Å². The van der Waals surface area contributed by atoms with Crippen molar-refractivity contribution in [3.8, 4) is 5.88 Å². The van der Waals surface area contributed by atoms with Crippen molar-refractivity contribution in [3.63, 3.8) is 0 Å². The van der Waals surface area contributed by atoms with Gasteiger partial charge in [-0.3, -0.25) is 9.78 Å². The maximum absolute atomic E-state index is 12.3. The lowest BCUT2D eigenvalue weighted by Crippen LogP contribution is -2.12. The van der Waals surface area contributed by atoms with E-state index in [-0.39, 0.29) is 5.43 Å². The number of aromatic nitrogens is 2. The fraction of sp³-hybridized carbons (Fsp3) is 0.222. The summed E-state index contributed by atoms with van der Waals surface area (Å²) in [5.41, 5.74) is 3.45. The number of nitrogens with one attached hydrogen (secondary N) is 1. The third kappa shape index (κ3) is 4.19. The molecule has 0 amide bonds. The highest BCUT2D eigenvalue weighted by Crippen LogP contribution is 2.15. The van der Waals surface area contributed by atoms with Gasteiger partial charge < -0.3 is 9.72 Å². The molecule has 2 aromatic heterocycles. The summed E-state index contributed by atoms with van der Waals surface area (Å²) in [4.78, 5) is 19.5. The second-order valence-corrected chi connectivity index (χ2v) is 5.21. The van der Waals surface area contributed by atoms with Crippen LogP contribution < -0.4 is 10.2 Å². The van der Waals surface area contributed by atoms with E-state index in [1.54, 1.807) is 25.6 Å². The molecule has 0 aliphatic rings. The van der Waals surface area contributed by atoms with Crippen LogP contribution in [0.2, 0.25) is 0 Å². The van der Waals surface area contributed by atoms with Crippen LogP contribution >= 0.6 is 0 Å². The quantitative estimate of drug-likeness (QED) is 0.860. The van der Waals surface area contributed by atoms with Crippen LogP contribution in [0.1, 0.15) is 30.7 Å². The largest absolute Gasteiger partial charge is 0.482 e. The van der Waals surface area contributed by atoms with Crippen LogP contribution in [0.5, 0.6) is 5.88 Å². The van der Waals surface area contributed by atoms with Gasteiger partial charge in [0.1, 0.15) is 0 Å². The molecule has 0 unspecified atom stereocenters. The van der Waals surface area contributed by atoms with Crippen molar-refractivity contribution in [2.24, 2.45) is 0 Å². The van der Waals surface area contributed by atoms with E-state index in [1.165, 1.54) is 5.57 Å². The first-order chi connectivity index (χ1) is 10.6. The molecule has 0 aliphatic carbocycles. The molecule has 0 bridgehead atoms. The van der Waals surface area contributed by atoms with E-state index in [1.807, 2.05) is 44.2 Å². The standard InChI is InChI=1S/C18H20N2O2/c1-13(2)6-9-16-17(21)11-15(20-18(16)22-3)8-7-14-5-4-10-19-12-14/h4-8,10-12H,9H2,1-3H3,(H,20,21)/b8-7+. The molecule has 0 fully saturated rings. The topological polar surface area (TPSA) is 55.0 Å². The average Bonchev–Trinajstić information content (AvgIpc) is 2.52. The predicted molar refractivity (Wildman–Crippen MR) is 89.9 cm³/mol. The molecular weight excluding hydrogens is 276 g/mol. The molecule has 0 aliphatic heterocycles. The van der Waals surface area contributed by atoms with Crippen molar-refractivity contribution in [3.05, 3.63) is 69.3 Å². The van der Waals surface area contributed by atoms with E-state index in [4.69, 9.17) is 4.74 Å². The lowest BCUT2D eigenvalue weighted by molar-refractivity contribution is 0.392. The normalized spacial score (nSPS) is 10.7. The summed E-state index contributed by atoms with van der Waals surface area (Å²) in [6, 6.07) is 5.40. The zero-order valence-corrected chi connectivity index (χ0v) is 13.1. The Morgan fingerprint density at radius 1 is 1.36 bits per heavy atom. The van der Waals surface area contributed by atoms with Crippen LogP contribution in [0.4, 0.5) is 0 Å². The number of rotatable bonds is 5. The molecule has 22 heavy (non-hydrogen) atoms. The van der Waals surface area contributed by atoms with E-state index in [2.05, 4.69) is 9.97 Å². The van der Waals surface area contributed by atoms with Gasteiger partial charge in [-0.05, 0) is 38.0 Å². The highest BCUT2D eigenvalue weighted by molar-refractivity contribution is 5.67. The maximum atomic E-state index is 12.3. The van der Waals surface area contributed by atoms with Crippen LogP contribution in [0, 0.1) is 0 Å². The fourth-order valence-corrected chi connectivity index (χ4v) is 2.01. The van der Waals surface area contributed by atoms with Gasteiger partial charge >= 0.3 is 0 Å². The minimum atomic E-state index is -0.0288. The molecule has 4 nitrogen and oxygen atoms in total. The Labute approximate surface area is 130 Å². The number of methoxy groups -OCH3 is 1. The Hall–Kier alpha value is -2.62. The van der Waals surface area contributed by atoms with E-state index in [9.17, 15) is 4.79 Å². The first-order valence-electron chi connectivity index (χ1n) is 7.12. The SMILES string of the molecule is COc1[nH]c(/C=C/c2cccnc2)cc(=O)c1CC=C(C)C. The number of aromatic amines is 1. The van der Waals surface area contributed by atoms with Gasteiger partial charge in [0.15, 0.2) is 11.3 Å². The van der Waals surface area contributed by atoms with E-state index in [0.717, 1.165) is 5.56 Å². The van der Waals surface area contributed by atoms with Crippen molar-refractivity contribution in [2.75, 3.05) is 7.11 Å².